The van der Waals surface area contributed by atoms with Gasteiger partial charge in [-0.2, -0.15) is 13.2 Å². The minimum absolute atomic E-state index is 0.179. The molecule has 1 atom stereocenters. The topological polar surface area (TPSA) is 44.2 Å². The van der Waals surface area contributed by atoms with Crippen LogP contribution >= 0.6 is 11.3 Å². The lowest BCUT2D eigenvalue weighted by molar-refractivity contribution is -0.137. The first kappa shape index (κ1) is 21.9. The van der Waals surface area contributed by atoms with E-state index in [2.05, 4.69) is 9.97 Å². The molecule has 33 heavy (non-hydrogen) atoms. The van der Waals surface area contributed by atoms with E-state index in [9.17, 15) is 13.2 Å². The van der Waals surface area contributed by atoms with E-state index in [1.165, 1.54) is 35.3 Å². The third-order valence-corrected chi connectivity index (χ3v) is 7.46. The van der Waals surface area contributed by atoms with Gasteiger partial charge in [-0.25, -0.2) is 9.97 Å². The van der Waals surface area contributed by atoms with Gasteiger partial charge in [-0.3, -0.25) is 0 Å². The van der Waals surface area contributed by atoms with Gasteiger partial charge in [-0.1, -0.05) is 12.1 Å². The molecule has 2 aromatic heterocycles. The van der Waals surface area contributed by atoms with Gasteiger partial charge in [0.15, 0.2) is 0 Å². The van der Waals surface area contributed by atoms with Gasteiger partial charge < -0.3 is 9.47 Å². The maximum Gasteiger partial charge on any atom is 0.416 e. The monoisotopic (exact) mass is 472 g/mol. The summed E-state index contributed by atoms with van der Waals surface area (Å²) in [7, 11) is 0. The predicted octanol–water partition coefficient (Wildman–Crippen LogP) is 6.74. The van der Waals surface area contributed by atoms with Gasteiger partial charge in [-0.15, -0.1) is 11.3 Å². The van der Waals surface area contributed by atoms with Gasteiger partial charge in [0.05, 0.1) is 10.9 Å². The van der Waals surface area contributed by atoms with Crippen LogP contribution in [-0.4, -0.2) is 22.7 Å². The molecular weight excluding hydrogens is 449 g/mol. The fourth-order valence-corrected chi connectivity index (χ4v) is 5.60. The molecule has 1 aliphatic carbocycles. The first-order valence-electron chi connectivity index (χ1n) is 10.9. The summed E-state index contributed by atoms with van der Waals surface area (Å²) in [5.74, 6) is 1.16. The van der Waals surface area contributed by atoms with Crippen molar-refractivity contribution in [2.75, 3.05) is 6.61 Å². The van der Waals surface area contributed by atoms with Crippen LogP contribution in [-0.2, 0) is 23.8 Å². The van der Waals surface area contributed by atoms with Crippen molar-refractivity contribution in [2.24, 2.45) is 0 Å². The Morgan fingerprint density at radius 2 is 1.88 bits per heavy atom. The van der Waals surface area contributed by atoms with Crippen molar-refractivity contribution in [3.05, 3.63) is 69.6 Å². The Kier molecular flexibility index (Phi) is 5.64. The van der Waals surface area contributed by atoms with Gasteiger partial charge in [0.25, 0.3) is 0 Å². The summed E-state index contributed by atoms with van der Waals surface area (Å²) in [4.78, 5) is 11.1. The van der Waals surface area contributed by atoms with E-state index >= 15 is 0 Å². The Hall–Kier alpha value is -2.87. The van der Waals surface area contributed by atoms with Crippen LogP contribution in [0.5, 0.6) is 5.88 Å². The second-order valence-electron chi connectivity index (χ2n) is 8.40. The fraction of sp³-hybridized carbons (Fsp3) is 0.360. The van der Waals surface area contributed by atoms with Crippen molar-refractivity contribution < 1.29 is 22.6 Å². The molecule has 1 aliphatic heterocycles. The summed E-state index contributed by atoms with van der Waals surface area (Å²) in [5, 5.41) is 0.997. The molecule has 4 nitrogen and oxygen atoms in total. The average molecular weight is 473 g/mol. The summed E-state index contributed by atoms with van der Waals surface area (Å²) in [6, 6.07) is 5.22. The molecule has 0 radical (unpaired) electrons. The average Bonchev–Trinajstić information content (AvgIpc) is 3.18. The van der Waals surface area contributed by atoms with Crippen molar-refractivity contribution >= 4 is 27.1 Å². The first-order chi connectivity index (χ1) is 15.8. The van der Waals surface area contributed by atoms with Crippen LogP contribution in [0.25, 0.3) is 15.8 Å². The molecule has 0 N–H and O–H groups in total. The molecule has 2 aliphatic rings. The van der Waals surface area contributed by atoms with Crippen molar-refractivity contribution in [2.45, 2.75) is 51.8 Å². The van der Waals surface area contributed by atoms with E-state index < -0.39 is 11.7 Å². The van der Waals surface area contributed by atoms with E-state index in [1.807, 2.05) is 19.9 Å². The number of allylic oxidation sites excluding steroid dienone is 2. The normalized spacial score (nSPS) is 18.7. The summed E-state index contributed by atoms with van der Waals surface area (Å²) >= 11 is 1.71. The second kappa shape index (κ2) is 8.48. The second-order valence-corrected chi connectivity index (χ2v) is 9.48. The highest BCUT2D eigenvalue weighted by Gasteiger charge is 2.30. The van der Waals surface area contributed by atoms with E-state index in [4.69, 9.17) is 9.47 Å². The summed E-state index contributed by atoms with van der Waals surface area (Å²) in [6.07, 6.45) is 3.22. The van der Waals surface area contributed by atoms with E-state index in [1.54, 1.807) is 11.3 Å². The van der Waals surface area contributed by atoms with Crippen LogP contribution in [0.3, 0.4) is 0 Å². The molecule has 5 rings (SSSR count). The Morgan fingerprint density at radius 3 is 2.64 bits per heavy atom. The number of aromatic nitrogens is 2. The van der Waals surface area contributed by atoms with Gasteiger partial charge in [0.1, 0.15) is 29.6 Å². The van der Waals surface area contributed by atoms with Gasteiger partial charge >= 0.3 is 6.18 Å². The SMILES string of the molecule is CC1=C(c2ccc(C(F)(F)F)cc2)C=C(COc2ncnc3sc4c(c23)CCCC4)OC1C. The van der Waals surface area contributed by atoms with Crippen LogP contribution in [0, 0.1) is 0 Å². The zero-order valence-electron chi connectivity index (χ0n) is 18.3. The van der Waals surface area contributed by atoms with Crippen molar-refractivity contribution in [1.29, 1.82) is 0 Å². The van der Waals surface area contributed by atoms with E-state index in [0.29, 0.717) is 17.2 Å². The molecule has 1 aromatic carbocycles. The molecule has 3 aromatic rings. The van der Waals surface area contributed by atoms with E-state index in [0.717, 1.165) is 52.8 Å². The number of halogens is 3. The maximum absolute atomic E-state index is 12.9. The number of thiophene rings is 1. The van der Waals surface area contributed by atoms with Gasteiger partial charge in [0.2, 0.25) is 5.88 Å². The summed E-state index contributed by atoms with van der Waals surface area (Å²) in [5.41, 5.74) is 3.15. The molecule has 0 saturated heterocycles. The standard InChI is InChI=1S/C25H23F3N2O2S/c1-14-15(2)32-18(11-20(14)16-7-9-17(10-8-16)25(26,27)28)12-31-23-22-19-5-3-4-6-21(19)33-24(22)30-13-29-23/h7-11,13,15H,3-6,12H2,1-2H3. The highest BCUT2D eigenvalue weighted by atomic mass is 32.1. The fourth-order valence-electron chi connectivity index (χ4n) is 4.38. The molecule has 0 bridgehead atoms. The number of fused-ring (bicyclic) bond motifs is 3. The highest BCUT2D eigenvalue weighted by molar-refractivity contribution is 7.18. The number of nitrogens with zero attached hydrogens (tertiary/aromatic N) is 2. The lowest BCUT2D eigenvalue weighted by atomic mass is 9.94. The molecule has 0 saturated carbocycles. The third kappa shape index (κ3) is 4.24. The van der Waals surface area contributed by atoms with Crippen molar-refractivity contribution in [1.82, 2.24) is 9.97 Å². The van der Waals surface area contributed by atoms with Crippen LogP contribution < -0.4 is 4.74 Å². The number of rotatable bonds is 4. The summed E-state index contributed by atoms with van der Waals surface area (Å²) in [6.45, 7) is 4.03. The Balaban J connectivity index is 1.41. The number of benzene rings is 1. The zero-order chi connectivity index (χ0) is 23.2. The van der Waals surface area contributed by atoms with Gasteiger partial charge in [0, 0.05) is 4.88 Å². The Morgan fingerprint density at radius 1 is 1.12 bits per heavy atom. The largest absolute Gasteiger partial charge is 0.487 e. The quantitative estimate of drug-likeness (QED) is 0.422. The smallest absolute Gasteiger partial charge is 0.416 e. The molecule has 0 spiro atoms. The highest BCUT2D eigenvalue weighted by Crippen LogP contribution is 2.39. The first-order valence-corrected chi connectivity index (χ1v) is 11.8. The number of hydrogen-bond acceptors (Lipinski definition) is 5. The number of ether oxygens (including phenoxy) is 2. The lowest BCUT2D eigenvalue weighted by Crippen LogP contribution is -2.19. The van der Waals surface area contributed by atoms with E-state index in [-0.39, 0.29) is 12.7 Å². The molecule has 0 fully saturated rings. The molecule has 172 valence electrons. The van der Waals surface area contributed by atoms with Crippen LogP contribution in [0.2, 0.25) is 0 Å². The minimum atomic E-state index is -4.36. The predicted molar refractivity (Wildman–Crippen MR) is 122 cm³/mol. The molecule has 8 heteroatoms. The van der Waals surface area contributed by atoms with Crippen LogP contribution in [0.15, 0.2) is 48.0 Å². The number of aryl methyl sites for hydroxylation is 2. The van der Waals surface area contributed by atoms with Gasteiger partial charge in [-0.05, 0) is 80.0 Å². The molecule has 0 amide bonds. The molecular formula is C25H23F3N2O2S. The summed E-state index contributed by atoms with van der Waals surface area (Å²) < 4.78 is 51.0. The Labute approximate surface area is 193 Å². The van der Waals surface area contributed by atoms with Crippen LogP contribution in [0.4, 0.5) is 13.2 Å². The number of hydrogen-bond donors (Lipinski definition) is 0. The number of alkyl halides is 3. The lowest BCUT2D eigenvalue weighted by Gasteiger charge is -2.26. The zero-order valence-corrected chi connectivity index (χ0v) is 19.1. The van der Waals surface area contributed by atoms with Crippen LogP contribution in [0.1, 0.15) is 48.3 Å². The van der Waals surface area contributed by atoms with Crippen molar-refractivity contribution in [3.63, 3.8) is 0 Å². The third-order valence-electron chi connectivity index (χ3n) is 6.26. The molecule has 1 unspecified atom stereocenters. The minimum Gasteiger partial charge on any atom is -0.487 e. The maximum atomic E-state index is 12.9. The Bertz CT molecular complexity index is 1260. The molecule has 3 heterocycles. The van der Waals surface area contributed by atoms with Crippen molar-refractivity contribution in [3.8, 4) is 5.88 Å².